The molecule has 1 aliphatic heterocycles. The van der Waals surface area contributed by atoms with Gasteiger partial charge in [-0.3, -0.25) is 4.98 Å². The van der Waals surface area contributed by atoms with E-state index in [0.29, 0.717) is 5.92 Å². The molecule has 0 atom stereocenters. The third-order valence-electron chi connectivity index (χ3n) is 2.85. The van der Waals surface area contributed by atoms with Crippen molar-refractivity contribution < 1.29 is 0 Å². The monoisotopic (exact) mass is 184 g/mol. The van der Waals surface area contributed by atoms with E-state index < -0.39 is 0 Å². The Kier molecular flexibility index (Phi) is 1.74. The molecule has 0 aliphatic carbocycles. The van der Waals surface area contributed by atoms with Gasteiger partial charge in [-0.2, -0.15) is 0 Å². The van der Waals surface area contributed by atoms with Crippen LogP contribution in [-0.4, -0.2) is 18.1 Å². The quantitative estimate of drug-likeness (QED) is 0.732. The second kappa shape index (κ2) is 3.07. The average molecular weight is 184 g/mol. The van der Waals surface area contributed by atoms with Crippen molar-refractivity contribution in [1.29, 1.82) is 0 Å². The van der Waals surface area contributed by atoms with Gasteiger partial charge in [-0.1, -0.05) is 24.3 Å². The summed E-state index contributed by atoms with van der Waals surface area (Å²) in [6.45, 7) is 2.15. The summed E-state index contributed by atoms with van der Waals surface area (Å²) in [4.78, 5) is 4.49. The lowest BCUT2D eigenvalue weighted by Gasteiger charge is -2.26. The zero-order valence-electron chi connectivity index (χ0n) is 7.90. The van der Waals surface area contributed by atoms with Crippen molar-refractivity contribution in [2.24, 2.45) is 0 Å². The third kappa shape index (κ3) is 1.19. The van der Waals surface area contributed by atoms with E-state index >= 15 is 0 Å². The Balaban J connectivity index is 2.10. The lowest BCUT2D eigenvalue weighted by Crippen LogP contribution is -2.40. The topological polar surface area (TPSA) is 24.9 Å². The number of rotatable bonds is 1. The van der Waals surface area contributed by atoms with Crippen LogP contribution in [0, 0.1) is 0 Å². The summed E-state index contributed by atoms with van der Waals surface area (Å²) >= 11 is 0. The molecular formula is C12H12N2. The number of hydrogen-bond donors (Lipinski definition) is 1. The summed E-state index contributed by atoms with van der Waals surface area (Å²) in [5.41, 5.74) is 1.22. The maximum atomic E-state index is 4.49. The fraction of sp³-hybridized carbons (Fsp3) is 0.250. The van der Waals surface area contributed by atoms with Crippen molar-refractivity contribution in [3.8, 4) is 0 Å². The summed E-state index contributed by atoms with van der Waals surface area (Å²) in [5.74, 6) is 0.625. The van der Waals surface area contributed by atoms with E-state index in [1.165, 1.54) is 16.5 Å². The average Bonchev–Trinajstić information content (AvgIpc) is 2.15. The number of fused-ring (bicyclic) bond motifs is 1. The molecule has 1 N–H and O–H groups in total. The summed E-state index contributed by atoms with van der Waals surface area (Å²) in [7, 11) is 0. The van der Waals surface area contributed by atoms with Crippen LogP contribution in [0.5, 0.6) is 0 Å². The predicted molar refractivity (Wildman–Crippen MR) is 57.4 cm³/mol. The van der Waals surface area contributed by atoms with Crippen LogP contribution >= 0.6 is 0 Å². The van der Waals surface area contributed by atoms with Crippen molar-refractivity contribution in [2.75, 3.05) is 13.1 Å². The van der Waals surface area contributed by atoms with Gasteiger partial charge in [-0.15, -0.1) is 0 Å². The molecule has 1 aliphatic rings. The van der Waals surface area contributed by atoms with E-state index in [2.05, 4.69) is 40.6 Å². The molecule has 1 aromatic carbocycles. The van der Waals surface area contributed by atoms with Crippen molar-refractivity contribution >= 4 is 10.8 Å². The minimum atomic E-state index is 0.625. The van der Waals surface area contributed by atoms with E-state index in [-0.39, 0.29) is 0 Å². The molecule has 0 saturated carbocycles. The fourth-order valence-corrected chi connectivity index (χ4v) is 1.82. The second-order valence-corrected chi connectivity index (χ2v) is 3.81. The van der Waals surface area contributed by atoms with Gasteiger partial charge in [-0.05, 0) is 11.5 Å². The normalized spacial score (nSPS) is 16.9. The Labute approximate surface area is 83.0 Å². The first kappa shape index (κ1) is 7.94. The number of nitrogens with one attached hydrogen (secondary N) is 1. The summed E-state index contributed by atoms with van der Waals surface area (Å²) in [6, 6.07) is 10.6. The molecule has 2 heteroatoms. The zero-order valence-corrected chi connectivity index (χ0v) is 7.90. The predicted octanol–water partition coefficient (Wildman–Crippen LogP) is 1.92. The van der Waals surface area contributed by atoms with E-state index in [9.17, 15) is 0 Å². The third-order valence-corrected chi connectivity index (χ3v) is 2.85. The Morgan fingerprint density at radius 1 is 1.14 bits per heavy atom. The van der Waals surface area contributed by atoms with Gasteiger partial charge < -0.3 is 5.32 Å². The Bertz CT molecular complexity index is 461. The molecule has 0 amide bonds. The van der Waals surface area contributed by atoms with Crippen LogP contribution in [0.15, 0.2) is 36.5 Å². The lowest BCUT2D eigenvalue weighted by molar-refractivity contribution is 0.440. The van der Waals surface area contributed by atoms with Gasteiger partial charge in [0.05, 0.1) is 0 Å². The fourth-order valence-electron chi connectivity index (χ4n) is 1.82. The molecule has 1 fully saturated rings. The van der Waals surface area contributed by atoms with Crippen LogP contribution in [0.25, 0.3) is 10.8 Å². The lowest BCUT2D eigenvalue weighted by atomic mass is 9.97. The van der Waals surface area contributed by atoms with Crippen molar-refractivity contribution in [1.82, 2.24) is 10.3 Å². The molecule has 2 aromatic rings. The molecule has 14 heavy (non-hydrogen) atoms. The highest BCUT2D eigenvalue weighted by Crippen LogP contribution is 2.21. The van der Waals surface area contributed by atoms with Crippen LogP contribution in [0.3, 0.4) is 0 Å². The van der Waals surface area contributed by atoms with Gasteiger partial charge in [0, 0.05) is 36.3 Å². The van der Waals surface area contributed by atoms with Gasteiger partial charge in [-0.25, -0.2) is 0 Å². The number of pyridine rings is 1. The van der Waals surface area contributed by atoms with Crippen LogP contribution in [-0.2, 0) is 0 Å². The van der Waals surface area contributed by atoms with E-state index in [1.54, 1.807) is 0 Å². The van der Waals surface area contributed by atoms with Crippen LogP contribution in [0.1, 0.15) is 11.6 Å². The number of aromatic nitrogens is 1. The molecule has 0 spiro atoms. The highest BCUT2D eigenvalue weighted by Gasteiger charge is 2.19. The Morgan fingerprint density at radius 2 is 1.93 bits per heavy atom. The van der Waals surface area contributed by atoms with Gasteiger partial charge >= 0.3 is 0 Å². The smallest absolute Gasteiger partial charge is 0.0466 e. The van der Waals surface area contributed by atoms with E-state index in [1.807, 2.05) is 6.20 Å². The van der Waals surface area contributed by atoms with Gasteiger partial charge in [0.1, 0.15) is 0 Å². The summed E-state index contributed by atoms with van der Waals surface area (Å²) in [6.07, 6.45) is 1.98. The molecule has 1 aromatic heterocycles. The highest BCUT2D eigenvalue weighted by atomic mass is 15.0. The standard InChI is InChI=1S/C12H12N2/c1-2-4-10-8-14-12(5-9(10)3-1)11-6-13-7-11/h1-5,8,11,13H,6-7H2. The van der Waals surface area contributed by atoms with Crippen LogP contribution in [0.2, 0.25) is 0 Å². The second-order valence-electron chi connectivity index (χ2n) is 3.81. The first-order chi connectivity index (χ1) is 6.93. The molecule has 1 saturated heterocycles. The van der Waals surface area contributed by atoms with Crippen molar-refractivity contribution in [2.45, 2.75) is 5.92 Å². The molecule has 70 valence electrons. The number of nitrogens with zero attached hydrogens (tertiary/aromatic N) is 1. The van der Waals surface area contributed by atoms with Crippen molar-refractivity contribution in [3.63, 3.8) is 0 Å². The van der Waals surface area contributed by atoms with E-state index in [0.717, 1.165) is 13.1 Å². The SMILES string of the molecule is c1ccc2cc(C3CNC3)ncc2c1. The first-order valence-electron chi connectivity index (χ1n) is 4.99. The maximum Gasteiger partial charge on any atom is 0.0466 e. The molecule has 0 unspecified atom stereocenters. The summed E-state index contributed by atoms with van der Waals surface area (Å²) < 4.78 is 0. The molecule has 0 bridgehead atoms. The minimum absolute atomic E-state index is 0.625. The highest BCUT2D eigenvalue weighted by molar-refractivity contribution is 5.81. The van der Waals surface area contributed by atoms with Crippen LogP contribution < -0.4 is 5.32 Å². The maximum absolute atomic E-state index is 4.49. The molecule has 0 radical (unpaired) electrons. The van der Waals surface area contributed by atoms with E-state index in [4.69, 9.17) is 0 Å². The van der Waals surface area contributed by atoms with Gasteiger partial charge in [0.25, 0.3) is 0 Å². The van der Waals surface area contributed by atoms with Gasteiger partial charge in [0.15, 0.2) is 0 Å². The molecular weight excluding hydrogens is 172 g/mol. The molecule has 3 rings (SSSR count). The Hall–Kier alpha value is -1.41. The van der Waals surface area contributed by atoms with Crippen molar-refractivity contribution in [3.05, 3.63) is 42.2 Å². The zero-order chi connectivity index (χ0) is 9.38. The number of benzene rings is 1. The molecule has 2 nitrogen and oxygen atoms in total. The van der Waals surface area contributed by atoms with Gasteiger partial charge in [0.2, 0.25) is 0 Å². The minimum Gasteiger partial charge on any atom is -0.315 e. The van der Waals surface area contributed by atoms with Crippen LogP contribution in [0.4, 0.5) is 0 Å². The summed E-state index contributed by atoms with van der Waals surface area (Å²) in [5, 5.41) is 5.79. The Morgan fingerprint density at radius 3 is 2.64 bits per heavy atom. The molecule has 2 heterocycles. The first-order valence-corrected chi connectivity index (χ1v) is 4.99. The number of hydrogen-bond acceptors (Lipinski definition) is 2. The largest absolute Gasteiger partial charge is 0.315 e.